The first kappa shape index (κ1) is 19.0. The maximum Gasteiger partial charge on any atom is 0.322 e. The van der Waals surface area contributed by atoms with E-state index in [0.717, 1.165) is 50.0 Å². The van der Waals surface area contributed by atoms with Gasteiger partial charge in [-0.1, -0.05) is 36.4 Å². The molecule has 4 aliphatic heterocycles. The number of carbonyl (C=O) groups excluding carboxylic acids is 1. The zero-order chi connectivity index (χ0) is 20.0. The first-order chi connectivity index (χ1) is 14.1. The number of halogens is 1. The number of piperidine rings is 3. The summed E-state index contributed by atoms with van der Waals surface area (Å²) in [6.45, 7) is 3.64. The quantitative estimate of drug-likeness (QED) is 0.789. The predicted octanol–water partition coefficient (Wildman–Crippen LogP) is 3.55. The van der Waals surface area contributed by atoms with Gasteiger partial charge in [0.2, 0.25) is 5.53 Å². The van der Waals surface area contributed by atoms with Crippen LogP contribution in [-0.2, 0) is 6.42 Å². The van der Waals surface area contributed by atoms with Gasteiger partial charge in [0.1, 0.15) is 5.82 Å². The van der Waals surface area contributed by atoms with Crippen LogP contribution in [0.5, 0.6) is 0 Å². The minimum Gasteiger partial charge on any atom is -0.424 e. The molecule has 0 saturated carbocycles. The van der Waals surface area contributed by atoms with Crippen molar-refractivity contribution in [1.29, 1.82) is 0 Å². The van der Waals surface area contributed by atoms with E-state index in [2.05, 4.69) is 17.0 Å². The van der Waals surface area contributed by atoms with E-state index in [1.54, 1.807) is 12.1 Å². The van der Waals surface area contributed by atoms with E-state index in [4.69, 9.17) is 0 Å². The Morgan fingerprint density at radius 3 is 2.45 bits per heavy atom. The molecule has 4 aliphatic rings. The van der Waals surface area contributed by atoms with E-state index in [0.29, 0.717) is 12.5 Å². The molecule has 1 amide bonds. The van der Waals surface area contributed by atoms with Gasteiger partial charge in [0, 0.05) is 18.6 Å². The largest absolute Gasteiger partial charge is 0.424 e. The smallest absolute Gasteiger partial charge is 0.322 e. The summed E-state index contributed by atoms with van der Waals surface area (Å²) in [6, 6.07) is 14.3. The summed E-state index contributed by atoms with van der Waals surface area (Å²) in [7, 11) is -2.17. The average molecular weight is 410 g/mol. The number of hydrogen-bond donors (Lipinski definition) is 1. The second kappa shape index (κ2) is 7.67. The molecule has 6 heteroatoms. The summed E-state index contributed by atoms with van der Waals surface area (Å²) in [5.74, 6) is 0.194. The van der Waals surface area contributed by atoms with E-state index in [1.807, 2.05) is 17.0 Å². The minimum atomic E-state index is -2.17. The van der Waals surface area contributed by atoms with Crippen molar-refractivity contribution in [3.8, 4) is 0 Å². The lowest BCUT2D eigenvalue weighted by atomic mass is 9.88. The summed E-state index contributed by atoms with van der Waals surface area (Å²) in [4.78, 5) is 29.0. The number of fused-ring (bicyclic) bond motifs is 4. The zero-order valence-electron chi connectivity index (χ0n) is 16.4. The normalized spacial score (nSPS) is 28.4. The molecule has 3 fully saturated rings. The van der Waals surface area contributed by atoms with Crippen LogP contribution in [-0.4, -0.2) is 55.3 Å². The van der Waals surface area contributed by atoms with Gasteiger partial charge < -0.3 is 14.6 Å². The Morgan fingerprint density at radius 2 is 1.76 bits per heavy atom. The van der Waals surface area contributed by atoms with Crippen molar-refractivity contribution in [2.75, 3.05) is 26.2 Å². The SMILES string of the molecule is O=C(N1CCc2ccccc2[C@@H]1c1ccc(F)cc1)[Si](O)C1CN2CCC1CC2. The Morgan fingerprint density at radius 1 is 1.03 bits per heavy atom. The number of nitrogens with zero attached hydrogens (tertiary/aromatic N) is 2. The lowest BCUT2D eigenvalue weighted by Gasteiger charge is -2.46. The van der Waals surface area contributed by atoms with E-state index < -0.39 is 9.04 Å². The number of hydrogen-bond acceptors (Lipinski definition) is 3. The van der Waals surface area contributed by atoms with Crippen LogP contribution < -0.4 is 0 Å². The molecule has 0 spiro atoms. The topological polar surface area (TPSA) is 43.8 Å². The Bertz CT molecular complexity index is 898. The summed E-state index contributed by atoms with van der Waals surface area (Å²) in [5.41, 5.74) is 3.23. The molecule has 2 atom stereocenters. The van der Waals surface area contributed by atoms with Crippen molar-refractivity contribution in [2.24, 2.45) is 5.92 Å². The standard InChI is InChI=1S/C23H26FN2O2Si/c24-19-7-5-18(6-8-19)22-20-4-2-1-3-16(20)11-14-26(22)23(27)29(28)21-15-25-12-9-17(21)10-13-25/h1-8,17,21-22,28H,9-15H2/t21?,22-/m0/s1. The van der Waals surface area contributed by atoms with Crippen LogP contribution in [0.2, 0.25) is 5.54 Å². The highest BCUT2D eigenvalue weighted by molar-refractivity contribution is 6.85. The fourth-order valence-corrected chi connectivity index (χ4v) is 7.43. The van der Waals surface area contributed by atoms with E-state index >= 15 is 0 Å². The molecular weight excluding hydrogens is 383 g/mol. The summed E-state index contributed by atoms with van der Waals surface area (Å²) < 4.78 is 13.5. The van der Waals surface area contributed by atoms with E-state index in [9.17, 15) is 14.0 Å². The van der Waals surface area contributed by atoms with Crippen LogP contribution in [0.1, 0.15) is 35.6 Å². The molecule has 29 heavy (non-hydrogen) atoms. The fourth-order valence-electron chi connectivity index (χ4n) is 5.37. The van der Waals surface area contributed by atoms with E-state index in [1.165, 1.54) is 17.7 Å². The monoisotopic (exact) mass is 409 g/mol. The highest BCUT2D eigenvalue weighted by atomic mass is 28.3. The van der Waals surface area contributed by atoms with Crippen LogP contribution in [0.25, 0.3) is 0 Å². The van der Waals surface area contributed by atoms with Crippen LogP contribution in [0.4, 0.5) is 9.18 Å². The van der Waals surface area contributed by atoms with Gasteiger partial charge in [-0.2, -0.15) is 0 Å². The molecule has 1 unspecified atom stereocenters. The maximum atomic E-state index is 13.6. The lowest BCUT2D eigenvalue weighted by Crippen LogP contribution is -2.55. The van der Waals surface area contributed by atoms with Crippen LogP contribution in [0, 0.1) is 11.7 Å². The highest BCUT2D eigenvalue weighted by Crippen LogP contribution is 2.40. The predicted molar refractivity (Wildman–Crippen MR) is 111 cm³/mol. The summed E-state index contributed by atoms with van der Waals surface area (Å²) in [5, 5.41) is 0. The van der Waals surface area contributed by atoms with Gasteiger partial charge in [-0.05, 0) is 67.1 Å². The molecule has 0 aliphatic carbocycles. The Hall–Kier alpha value is -2.02. The average Bonchev–Trinajstić information content (AvgIpc) is 2.78. The van der Waals surface area contributed by atoms with Gasteiger partial charge in [0.05, 0.1) is 6.04 Å². The zero-order valence-corrected chi connectivity index (χ0v) is 17.4. The molecular formula is C23H26FN2O2Si. The molecule has 1 radical (unpaired) electrons. The third-order valence-corrected chi connectivity index (χ3v) is 9.04. The number of benzene rings is 2. The second-order valence-corrected chi connectivity index (χ2v) is 10.5. The van der Waals surface area contributed by atoms with Crippen molar-refractivity contribution in [3.63, 3.8) is 0 Å². The lowest BCUT2D eigenvalue weighted by molar-refractivity contribution is 0.104. The molecule has 2 bridgehead atoms. The molecule has 0 aromatic heterocycles. The molecule has 4 nitrogen and oxygen atoms in total. The third-order valence-electron chi connectivity index (χ3n) is 6.96. The van der Waals surface area contributed by atoms with Crippen LogP contribution in [0.15, 0.2) is 48.5 Å². The van der Waals surface area contributed by atoms with Gasteiger partial charge in [-0.15, -0.1) is 0 Å². The Labute approximate surface area is 172 Å². The molecule has 4 heterocycles. The second-order valence-electron chi connectivity index (χ2n) is 8.53. The molecule has 151 valence electrons. The van der Waals surface area contributed by atoms with Crippen LogP contribution in [0.3, 0.4) is 0 Å². The number of rotatable bonds is 3. The van der Waals surface area contributed by atoms with Crippen LogP contribution >= 0.6 is 0 Å². The highest BCUT2D eigenvalue weighted by Gasteiger charge is 2.46. The van der Waals surface area contributed by atoms with Crippen molar-refractivity contribution in [2.45, 2.75) is 30.8 Å². The molecule has 2 aromatic carbocycles. The van der Waals surface area contributed by atoms with E-state index in [-0.39, 0.29) is 22.9 Å². The van der Waals surface area contributed by atoms with Crippen molar-refractivity contribution in [3.05, 3.63) is 71.0 Å². The molecule has 1 N–H and O–H groups in total. The Kier molecular flexibility index (Phi) is 5.02. The first-order valence-corrected chi connectivity index (χ1v) is 12.1. The van der Waals surface area contributed by atoms with Gasteiger partial charge in [-0.25, -0.2) is 4.39 Å². The Balaban J connectivity index is 1.47. The van der Waals surface area contributed by atoms with Gasteiger partial charge in [0.15, 0.2) is 0 Å². The van der Waals surface area contributed by atoms with Crippen molar-refractivity contribution in [1.82, 2.24) is 9.80 Å². The molecule has 6 rings (SSSR count). The van der Waals surface area contributed by atoms with Crippen molar-refractivity contribution >= 4 is 14.6 Å². The minimum absolute atomic E-state index is 0.0856. The van der Waals surface area contributed by atoms with Crippen molar-refractivity contribution < 1.29 is 14.0 Å². The first-order valence-electron chi connectivity index (χ1n) is 10.5. The molecule has 3 saturated heterocycles. The fraction of sp³-hybridized carbons (Fsp3) is 0.435. The van der Waals surface area contributed by atoms with Gasteiger partial charge >= 0.3 is 9.04 Å². The number of amides is 1. The summed E-state index contributed by atoms with van der Waals surface area (Å²) in [6.07, 6.45) is 2.97. The van der Waals surface area contributed by atoms with Gasteiger partial charge in [-0.3, -0.25) is 4.79 Å². The van der Waals surface area contributed by atoms with Gasteiger partial charge in [0.25, 0.3) is 0 Å². The number of carbonyl (C=O) groups is 1. The summed E-state index contributed by atoms with van der Waals surface area (Å²) >= 11 is 0. The maximum absolute atomic E-state index is 13.6. The third kappa shape index (κ3) is 3.43. The molecule has 2 aromatic rings.